The van der Waals surface area contributed by atoms with Gasteiger partial charge in [-0.15, -0.1) is 0 Å². The molecule has 1 aromatic heterocycles. The lowest BCUT2D eigenvalue weighted by molar-refractivity contribution is -0.112. The molecule has 0 saturated carbocycles. The lowest BCUT2D eigenvalue weighted by Crippen LogP contribution is -2.36. The average molecular weight is 222 g/mol. The lowest BCUT2D eigenvalue weighted by atomic mass is 10.00. The Bertz CT molecular complexity index is 350. The van der Waals surface area contributed by atoms with Crippen molar-refractivity contribution in [3.05, 3.63) is 12.2 Å². The number of hydrogen-bond donors (Lipinski definition) is 0. The van der Waals surface area contributed by atoms with E-state index in [2.05, 4.69) is 21.9 Å². The van der Waals surface area contributed by atoms with Gasteiger partial charge >= 0.3 is 0 Å². The van der Waals surface area contributed by atoms with E-state index < -0.39 is 0 Å². The maximum Gasteiger partial charge on any atom is 0.140 e. The summed E-state index contributed by atoms with van der Waals surface area (Å²) in [6.45, 7) is 5.63. The number of hydrogen-bond acceptors (Lipinski definition) is 4. The minimum atomic E-state index is 0.201. The van der Waals surface area contributed by atoms with Crippen LogP contribution in [-0.4, -0.2) is 39.0 Å². The molecular weight excluding hydrogens is 204 g/mol. The molecule has 0 bridgehead atoms. The van der Waals surface area contributed by atoms with E-state index >= 15 is 0 Å². The van der Waals surface area contributed by atoms with Gasteiger partial charge in [0.15, 0.2) is 0 Å². The Morgan fingerprint density at radius 2 is 2.50 bits per heavy atom. The fraction of sp³-hybridized carbons (Fsp3) is 0.727. The first kappa shape index (κ1) is 11.3. The van der Waals surface area contributed by atoms with Crippen LogP contribution in [0.1, 0.15) is 25.6 Å². The van der Waals surface area contributed by atoms with Gasteiger partial charge in [-0.05, 0) is 26.3 Å². The van der Waals surface area contributed by atoms with Crippen molar-refractivity contribution in [3.63, 3.8) is 0 Å². The molecule has 1 unspecified atom stereocenters. The Hall–Kier alpha value is -1.23. The summed E-state index contributed by atoms with van der Waals surface area (Å²) in [7, 11) is 0. The molecule has 1 aliphatic heterocycles. The van der Waals surface area contributed by atoms with E-state index in [1.807, 2.05) is 4.68 Å². The normalized spacial score (nSPS) is 22.2. The Kier molecular flexibility index (Phi) is 3.66. The Balaban J connectivity index is 1.96. The highest BCUT2D eigenvalue weighted by molar-refractivity contribution is 5.53. The van der Waals surface area contributed by atoms with Crippen LogP contribution in [0, 0.1) is 5.92 Å². The lowest BCUT2D eigenvalue weighted by Gasteiger charge is -2.29. The molecule has 0 aliphatic carbocycles. The third kappa shape index (κ3) is 2.47. The van der Waals surface area contributed by atoms with Gasteiger partial charge < -0.3 is 4.79 Å². The monoisotopic (exact) mass is 222 g/mol. The highest BCUT2D eigenvalue weighted by atomic mass is 16.1. The van der Waals surface area contributed by atoms with Gasteiger partial charge in [0, 0.05) is 19.0 Å². The second kappa shape index (κ2) is 5.21. The van der Waals surface area contributed by atoms with Crippen LogP contribution < -0.4 is 0 Å². The summed E-state index contributed by atoms with van der Waals surface area (Å²) in [6.07, 6.45) is 4.81. The minimum absolute atomic E-state index is 0.201. The topological polar surface area (TPSA) is 51.0 Å². The molecule has 5 nitrogen and oxygen atoms in total. The van der Waals surface area contributed by atoms with Crippen LogP contribution in [0.25, 0.3) is 0 Å². The predicted molar refractivity (Wildman–Crippen MR) is 59.8 cm³/mol. The molecule has 1 aliphatic rings. The maximum absolute atomic E-state index is 10.8. The minimum Gasteiger partial charge on any atom is -0.303 e. The van der Waals surface area contributed by atoms with E-state index in [0.29, 0.717) is 0 Å². The number of likely N-dealkylation sites (tertiary alicyclic amines) is 1. The fourth-order valence-electron chi connectivity index (χ4n) is 2.22. The first-order chi connectivity index (χ1) is 7.83. The van der Waals surface area contributed by atoms with Crippen molar-refractivity contribution in [1.82, 2.24) is 19.7 Å². The first-order valence-electron chi connectivity index (χ1n) is 5.87. The summed E-state index contributed by atoms with van der Waals surface area (Å²) in [5, 5.41) is 4.15. The first-order valence-corrected chi connectivity index (χ1v) is 5.87. The van der Waals surface area contributed by atoms with Crippen LogP contribution in [0.15, 0.2) is 6.33 Å². The van der Waals surface area contributed by atoms with E-state index in [4.69, 9.17) is 0 Å². The Labute approximate surface area is 95.5 Å². The Morgan fingerprint density at radius 3 is 3.25 bits per heavy atom. The number of rotatable bonds is 4. The summed E-state index contributed by atoms with van der Waals surface area (Å²) >= 11 is 0. The summed E-state index contributed by atoms with van der Waals surface area (Å²) in [4.78, 5) is 17.3. The molecule has 0 N–H and O–H groups in total. The summed E-state index contributed by atoms with van der Waals surface area (Å²) in [5.74, 6) is 1.20. The van der Waals surface area contributed by atoms with Gasteiger partial charge in [0.2, 0.25) is 0 Å². The van der Waals surface area contributed by atoms with E-state index in [9.17, 15) is 4.79 Å². The number of carbonyl (C=O) groups is 1. The average Bonchev–Trinajstić information content (AvgIpc) is 2.76. The highest BCUT2D eigenvalue weighted by Crippen LogP contribution is 2.16. The molecule has 16 heavy (non-hydrogen) atoms. The van der Waals surface area contributed by atoms with Gasteiger partial charge in [-0.2, -0.15) is 5.10 Å². The number of aldehydes is 1. The number of aromatic nitrogens is 3. The van der Waals surface area contributed by atoms with Crippen molar-refractivity contribution < 1.29 is 4.79 Å². The Morgan fingerprint density at radius 1 is 1.62 bits per heavy atom. The zero-order valence-electron chi connectivity index (χ0n) is 9.67. The van der Waals surface area contributed by atoms with E-state index in [0.717, 1.165) is 51.1 Å². The molecule has 88 valence electrons. The molecule has 0 amide bonds. The van der Waals surface area contributed by atoms with Gasteiger partial charge in [0.1, 0.15) is 18.4 Å². The number of nitrogens with zero attached hydrogens (tertiary/aromatic N) is 4. The smallest absolute Gasteiger partial charge is 0.140 e. The van der Waals surface area contributed by atoms with Crippen molar-refractivity contribution in [2.24, 2.45) is 5.92 Å². The van der Waals surface area contributed by atoms with Crippen molar-refractivity contribution in [1.29, 1.82) is 0 Å². The van der Waals surface area contributed by atoms with Crippen molar-refractivity contribution >= 4 is 6.29 Å². The van der Waals surface area contributed by atoms with Crippen molar-refractivity contribution in [2.75, 3.05) is 13.1 Å². The van der Waals surface area contributed by atoms with E-state index in [-0.39, 0.29) is 5.92 Å². The molecule has 1 fully saturated rings. The van der Waals surface area contributed by atoms with Crippen LogP contribution in [0.3, 0.4) is 0 Å². The van der Waals surface area contributed by atoms with Crippen LogP contribution in [0.2, 0.25) is 0 Å². The number of aryl methyl sites for hydroxylation is 1. The summed E-state index contributed by atoms with van der Waals surface area (Å²) in [5.41, 5.74) is 0. The summed E-state index contributed by atoms with van der Waals surface area (Å²) in [6, 6.07) is 0. The van der Waals surface area contributed by atoms with E-state index in [1.54, 1.807) is 6.33 Å². The van der Waals surface area contributed by atoms with Crippen molar-refractivity contribution in [3.8, 4) is 0 Å². The van der Waals surface area contributed by atoms with Crippen LogP contribution >= 0.6 is 0 Å². The molecule has 2 heterocycles. The molecular formula is C11H18N4O. The van der Waals surface area contributed by atoms with Crippen LogP contribution in [0.5, 0.6) is 0 Å². The standard InChI is InChI=1S/C11H18N4O/c1-2-15-11(12-9-13-15)7-14-5-3-4-10(6-14)8-16/h8-10H,2-7H2,1H3. The molecule has 1 aromatic rings. The molecule has 0 spiro atoms. The SMILES string of the molecule is CCn1ncnc1CN1CCCC(C=O)C1. The van der Waals surface area contributed by atoms with Gasteiger partial charge in [0.25, 0.3) is 0 Å². The van der Waals surface area contributed by atoms with Gasteiger partial charge in [-0.25, -0.2) is 9.67 Å². The third-order valence-electron chi connectivity index (χ3n) is 3.09. The largest absolute Gasteiger partial charge is 0.303 e. The van der Waals surface area contributed by atoms with Gasteiger partial charge in [-0.3, -0.25) is 4.90 Å². The molecule has 0 aromatic carbocycles. The zero-order valence-corrected chi connectivity index (χ0v) is 9.67. The molecule has 1 atom stereocenters. The zero-order chi connectivity index (χ0) is 11.4. The van der Waals surface area contributed by atoms with E-state index in [1.165, 1.54) is 0 Å². The van der Waals surface area contributed by atoms with Crippen LogP contribution in [0.4, 0.5) is 0 Å². The third-order valence-corrected chi connectivity index (χ3v) is 3.09. The number of carbonyl (C=O) groups excluding carboxylic acids is 1. The maximum atomic E-state index is 10.8. The molecule has 0 radical (unpaired) electrons. The van der Waals surface area contributed by atoms with Gasteiger partial charge in [0.05, 0.1) is 6.54 Å². The van der Waals surface area contributed by atoms with Gasteiger partial charge in [-0.1, -0.05) is 0 Å². The highest BCUT2D eigenvalue weighted by Gasteiger charge is 2.20. The predicted octanol–water partition coefficient (Wildman–Crippen LogP) is 0.709. The quantitative estimate of drug-likeness (QED) is 0.704. The second-order valence-electron chi connectivity index (χ2n) is 4.27. The molecule has 5 heteroatoms. The van der Waals surface area contributed by atoms with Crippen molar-refractivity contribution in [2.45, 2.75) is 32.9 Å². The number of piperidine rings is 1. The van der Waals surface area contributed by atoms with Crippen LogP contribution in [-0.2, 0) is 17.9 Å². The molecule has 1 saturated heterocycles. The fourth-order valence-corrected chi connectivity index (χ4v) is 2.22. The second-order valence-corrected chi connectivity index (χ2v) is 4.27. The summed E-state index contributed by atoms with van der Waals surface area (Å²) < 4.78 is 1.91. The molecule has 2 rings (SSSR count).